The fourth-order valence-electron chi connectivity index (χ4n) is 1.68. The minimum atomic E-state index is -0.878. The predicted molar refractivity (Wildman–Crippen MR) is 84.3 cm³/mol. The molecule has 0 saturated heterocycles. The van der Waals surface area contributed by atoms with Gasteiger partial charge in [0.1, 0.15) is 0 Å². The van der Waals surface area contributed by atoms with Crippen LogP contribution in [0.1, 0.15) is 27.6 Å². The van der Waals surface area contributed by atoms with Gasteiger partial charge in [-0.05, 0) is 38.0 Å². The van der Waals surface area contributed by atoms with Gasteiger partial charge in [0.05, 0.1) is 13.7 Å². The number of amides is 2. The van der Waals surface area contributed by atoms with Crippen LogP contribution in [0, 0.1) is 0 Å². The van der Waals surface area contributed by atoms with Crippen LogP contribution in [-0.2, 0) is 0 Å². The Bertz CT molecular complexity index is 889. The van der Waals surface area contributed by atoms with Crippen molar-refractivity contribution in [2.45, 2.75) is 13.8 Å². The summed E-state index contributed by atoms with van der Waals surface area (Å²) in [6.45, 7) is 2.91. The molecule has 20 heavy (non-hydrogen) atoms. The Kier molecular flexibility index (Phi) is 2.03. The van der Waals surface area contributed by atoms with Gasteiger partial charge in [-0.1, -0.05) is 36.3 Å². The van der Waals surface area contributed by atoms with Crippen molar-refractivity contribution in [1.29, 1.82) is 0 Å². The van der Waals surface area contributed by atoms with E-state index in [0.29, 0.717) is 0 Å². The van der Waals surface area contributed by atoms with Gasteiger partial charge >= 0.3 is 6.03 Å². The van der Waals surface area contributed by atoms with E-state index in [1.807, 2.05) is 0 Å². The van der Waals surface area contributed by atoms with Gasteiger partial charge in [0.15, 0.2) is 0 Å². The maximum Gasteiger partial charge on any atom is 0.328 e. The Labute approximate surface area is 134 Å². The molecular formula is C17H20N2O. The van der Waals surface area contributed by atoms with Crippen molar-refractivity contribution in [2.24, 2.45) is 0 Å². The highest BCUT2D eigenvalue weighted by atomic mass is 16.2. The van der Waals surface area contributed by atoms with E-state index in [1.165, 1.54) is 13.8 Å². The first-order valence-corrected chi connectivity index (χ1v) is 6.15. The first-order chi connectivity index (χ1) is 13.9. The monoisotopic (exact) mass is 278 g/mol. The first kappa shape index (κ1) is 6.00. The Morgan fingerprint density at radius 1 is 0.850 bits per heavy atom. The number of rotatable bonds is 4. The fraction of sp³-hybridized carbons (Fsp3) is 0.235. The van der Waals surface area contributed by atoms with Crippen LogP contribution < -0.4 is 9.80 Å². The number of hydrogen-bond acceptors (Lipinski definition) is 1. The lowest BCUT2D eigenvalue weighted by Gasteiger charge is -2.29. The van der Waals surface area contributed by atoms with Gasteiger partial charge in [-0.3, -0.25) is 9.80 Å². The minimum Gasteiger partial charge on any atom is -0.294 e. The van der Waals surface area contributed by atoms with Gasteiger partial charge in [-0.2, -0.15) is 0 Å². The molecule has 0 aliphatic heterocycles. The second-order valence-electron chi connectivity index (χ2n) is 3.72. The average molecular weight is 278 g/mol. The second kappa shape index (κ2) is 6.75. The van der Waals surface area contributed by atoms with E-state index in [9.17, 15) is 4.79 Å². The van der Waals surface area contributed by atoms with Crippen LogP contribution in [0.15, 0.2) is 60.4 Å². The molecule has 0 spiro atoms. The smallest absolute Gasteiger partial charge is 0.294 e. The highest BCUT2D eigenvalue weighted by Crippen LogP contribution is 2.19. The summed E-state index contributed by atoms with van der Waals surface area (Å²) in [7, 11) is 0. The Morgan fingerprint density at radius 2 is 1.20 bits per heavy atom. The van der Waals surface area contributed by atoms with Crippen LogP contribution in [0.2, 0.25) is 0 Å². The number of para-hydroxylation sites is 2. The van der Waals surface area contributed by atoms with Crippen molar-refractivity contribution in [1.82, 2.24) is 0 Å². The molecule has 0 aliphatic rings. The quantitative estimate of drug-likeness (QED) is 0.823. The maximum atomic E-state index is 13.3. The number of carbonyl (C=O) groups excluding carboxylic acids is 1. The number of anilines is 2. The van der Waals surface area contributed by atoms with Gasteiger partial charge in [-0.25, -0.2) is 4.79 Å². The van der Waals surface area contributed by atoms with E-state index >= 15 is 0 Å². The van der Waals surface area contributed by atoms with Crippen LogP contribution in [0.3, 0.4) is 0 Å². The summed E-state index contributed by atoms with van der Waals surface area (Å²) in [6.07, 6.45) is 0. The summed E-state index contributed by atoms with van der Waals surface area (Å²) in [4.78, 5) is 15.2. The zero-order chi connectivity index (χ0) is 23.1. The average Bonchev–Trinajstić information content (AvgIpc) is 2.73. The van der Waals surface area contributed by atoms with Crippen LogP contribution in [0.4, 0.5) is 16.2 Å². The van der Waals surface area contributed by atoms with Crippen molar-refractivity contribution < 1.29 is 18.5 Å². The molecule has 0 aromatic heterocycles. The van der Waals surface area contributed by atoms with Gasteiger partial charge < -0.3 is 0 Å². The van der Waals surface area contributed by atoms with Gasteiger partial charge in [0, 0.05) is 24.5 Å². The molecule has 2 aromatic carbocycles. The molecule has 3 heteroatoms. The van der Waals surface area contributed by atoms with Gasteiger partial charge in [0.25, 0.3) is 0 Å². The summed E-state index contributed by atoms with van der Waals surface area (Å²) >= 11 is 0. The zero-order valence-electron chi connectivity index (χ0n) is 21.2. The lowest BCUT2D eigenvalue weighted by molar-refractivity contribution is 0.252. The number of hydrogen-bond donors (Lipinski definition) is 0. The molecule has 0 saturated carbocycles. The minimum absolute atomic E-state index is 0.0814. The van der Waals surface area contributed by atoms with Crippen molar-refractivity contribution in [2.75, 3.05) is 22.9 Å². The molecule has 0 radical (unpaired) electrons. The Morgan fingerprint density at radius 3 is 1.50 bits per heavy atom. The van der Waals surface area contributed by atoms with E-state index in [1.54, 1.807) is 0 Å². The third-order valence-corrected chi connectivity index (χ3v) is 2.61. The third kappa shape index (κ3) is 2.99. The summed E-state index contributed by atoms with van der Waals surface area (Å²) < 4.78 is 79.1. The number of benzene rings is 2. The van der Waals surface area contributed by atoms with Crippen molar-refractivity contribution in [3.63, 3.8) is 0 Å². The van der Waals surface area contributed by atoms with E-state index in [4.69, 9.17) is 13.7 Å². The molecule has 0 N–H and O–H groups in total. The Balaban J connectivity index is 2.72. The summed E-state index contributed by atoms with van der Waals surface area (Å²) in [5.41, 5.74) is -0.696. The zero-order valence-corrected chi connectivity index (χ0v) is 11.2. The molecule has 2 aromatic rings. The molecule has 2 rings (SSSR count). The van der Waals surface area contributed by atoms with Crippen LogP contribution >= 0.6 is 0 Å². The lowest BCUT2D eigenvalue weighted by atomic mass is 10.2. The fourth-order valence-corrected chi connectivity index (χ4v) is 1.68. The van der Waals surface area contributed by atoms with Gasteiger partial charge in [-0.15, -0.1) is 0 Å². The molecule has 2 amide bonds. The molecule has 3 nitrogen and oxygen atoms in total. The summed E-state index contributed by atoms with van der Waals surface area (Å²) in [6, 6.07) is -6.82. The third-order valence-electron chi connectivity index (χ3n) is 2.61. The van der Waals surface area contributed by atoms with Crippen molar-refractivity contribution >= 4 is 17.4 Å². The molecule has 0 fully saturated rings. The van der Waals surface area contributed by atoms with Crippen LogP contribution in [0.5, 0.6) is 0 Å². The number of nitrogens with zero attached hydrogens (tertiary/aromatic N) is 2. The SMILES string of the molecule is [2H]c1c([2H])c([2H])c(N(CC)C(=O)N(CC)c2c([2H])c([2H])c([2H])c([2H])c2[2H])c([2H])c1[2H]. The Hall–Kier alpha value is -2.29. The van der Waals surface area contributed by atoms with E-state index in [0.717, 1.165) is 9.80 Å². The highest BCUT2D eigenvalue weighted by molar-refractivity contribution is 6.03. The predicted octanol–water partition coefficient (Wildman–Crippen LogP) is 4.16. The van der Waals surface area contributed by atoms with E-state index in [-0.39, 0.29) is 24.5 Å². The molecule has 0 bridgehead atoms. The molecule has 0 aliphatic carbocycles. The van der Waals surface area contributed by atoms with Crippen LogP contribution in [-0.4, -0.2) is 19.1 Å². The summed E-state index contributed by atoms with van der Waals surface area (Å²) in [5.74, 6) is 0. The number of urea groups is 1. The lowest BCUT2D eigenvalue weighted by Crippen LogP contribution is -2.43. The van der Waals surface area contributed by atoms with E-state index < -0.39 is 66.5 Å². The molecule has 104 valence electrons. The van der Waals surface area contributed by atoms with Crippen molar-refractivity contribution in [3.05, 3.63) is 60.4 Å². The second-order valence-corrected chi connectivity index (χ2v) is 3.72. The maximum absolute atomic E-state index is 13.3. The van der Waals surface area contributed by atoms with E-state index in [2.05, 4.69) is 0 Å². The highest BCUT2D eigenvalue weighted by Gasteiger charge is 2.20. The normalized spacial score (nSPS) is 17.1. The number of carbonyl (C=O) groups is 1. The van der Waals surface area contributed by atoms with Gasteiger partial charge in [0.2, 0.25) is 0 Å². The van der Waals surface area contributed by atoms with Crippen molar-refractivity contribution in [3.8, 4) is 0 Å². The summed E-state index contributed by atoms with van der Waals surface area (Å²) in [5, 5.41) is 0. The van der Waals surface area contributed by atoms with Crippen LogP contribution in [0.25, 0.3) is 0 Å². The molecule has 0 heterocycles. The molecule has 0 unspecified atom stereocenters. The topological polar surface area (TPSA) is 23.6 Å². The standard InChI is InChI=1S/C17H20N2O/c1-3-18(15-11-7-5-8-12-15)17(20)19(4-2)16-13-9-6-10-14-16/h5-14H,3-4H2,1-2H3/i5D,6D,7D,8D,9D,10D,11D,12D,13D,14D. The molecular weight excluding hydrogens is 248 g/mol. The molecule has 0 atom stereocenters. The first-order valence-electron chi connectivity index (χ1n) is 11.1. The largest absolute Gasteiger partial charge is 0.328 e.